The van der Waals surface area contributed by atoms with Crippen molar-refractivity contribution in [2.75, 3.05) is 13.1 Å². The fourth-order valence-electron chi connectivity index (χ4n) is 1.86. The summed E-state index contributed by atoms with van der Waals surface area (Å²) in [4.78, 5) is 12.3. The topological polar surface area (TPSA) is 40.5 Å². The molecule has 1 heterocycles. The Kier molecular flexibility index (Phi) is 3.96. The summed E-state index contributed by atoms with van der Waals surface area (Å²) in [5, 5.41) is 8.78. The van der Waals surface area contributed by atoms with Gasteiger partial charge in [-0.25, -0.2) is 0 Å². The molecule has 6 heteroatoms. The summed E-state index contributed by atoms with van der Waals surface area (Å²) in [6, 6.07) is -0.585. The van der Waals surface area contributed by atoms with Gasteiger partial charge >= 0.3 is 12.1 Å². The highest BCUT2D eigenvalue weighted by atomic mass is 19.4. The molecule has 1 N–H and O–H groups in total. The largest absolute Gasteiger partial charge is 0.480 e. The Balaban J connectivity index is 2.29. The Bertz CT molecular complexity index is 230. The van der Waals surface area contributed by atoms with E-state index in [9.17, 15) is 18.0 Å². The smallest absolute Gasteiger partial charge is 0.389 e. The van der Waals surface area contributed by atoms with Gasteiger partial charge in [-0.05, 0) is 32.4 Å². The van der Waals surface area contributed by atoms with Crippen molar-refractivity contribution in [3.8, 4) is 0 Å². The van der Waals surface area contributed by atoms with Crippen molar-refractivity contribution in [2.45, 2.75) is 37.9 Å². The van der Waals surface area contributed by atoms with E-state index in [1.54, 1.807) is 4.90 Å². The second-order valence-corrected chi connectivity index (χ2v) is 3.75. The van der Waals surface area contributed by atoms with Gasteiger partial charge in [-0.1, -0.05) is 0 Å². The van der Waals surface area contributed by atoms with Crippen LogP contribution in [0.25, 0.3) is 0 Å². The number of nitrogens with zero attached hydrogens (tertiary/aromatic N) is 1. The third kappa shape index (κ3) is 4.07. The number of likely N-dealkylation sites (tertiary alicyclic amines) is 1. The first-order chi connectivity index (χ1) is 6.90. The van der Waals surface area contributed by atoms with Crippen LogP contribution in [0.1, 0.15) is 25.7 Å². The summed E-state index contributed by atoms with van der Waals surface area (Å²) in [7, 11) is 0. The van der Waals surface area contributed by atoms with E-state index in [1.807, 2.05) is 0 Å². The number of carboxylic acids is 1. The lowest BCUT2D eigenvalue weighted by Crippen LogP contribution is -2.36. The van der Waals surface area contributed by atoms with Crippen LogP contribution in [0.4, 0.5) is 13.2 Å². The zero-order valence-corrected chi connectivity index (χ0v) is 8.26. The quantitative estimate of drug-likeness (QED) is 0.794. The van der Waals surface area contributed by atoms with Gasteiger partial charge in [0.05, 0.1) is 0 Å². The summed E-state index contributed by atoms with van der Waals surface area (Å²) in [6.45, 7) is 0.811. The van der Waals surface area contributed by atoms with Crippen molar-refractivity contribution < 1.29 is 23.1 Å². The first-order valence-electron chi connectivity index (χ1n) is 4.94. The highest BCUT2D eigenvalue weighted by molar-refractivity contribution is 5.73. The van der Waals surface area contributed by atoms with Gasteiger partial charge in [0.15, 0.2) is 0 Å². The van der Waals surface area contributed by atoms with Gasteiger partial charge in [0, 0.05) is 6.42 Å². The Morgan fingerprint density at radius 3 is 2.67 bits per heavy atom. The summed E-state index contributed by atoms with van der Waals surface area (Å²) >= 11 is 0. The van der Waals surface area contributed by atoms with Crippen molar-refractivity contribution in [3.63, 3.8) is 0 Å². The SMILES string of the molecule is O=C(O)C1CCCN1CCCC(F)(F)F. The molecule has 1 saturated heterocycles. The average Bonchev–Trinajstić information content (AvgIpc) is 2.49. The van der Waals surface area contributed by atoms with Gasteiger partial charge in [-0.3, -0.25) is 9.69 Å². The average molecular weight is 225 g/mol. The van der Waals surface area contributed by atoms with Gasteiger partial charge in [0.25, 0.3) is 0 Å². The van der Waals surface area contributed by atoms with Crippen LogP contribution in [0, 0.1) is 0 Å². The van der Waals surface area contributed by atoms with Crippen molar-refractivity contribution >= 4 is 5.97 Å². The van der Waals surface area contributed by atoms with E-state index in [2.05, 4.69) is 0 Å². The lowest BCUT2D eigenvalue weighted by atomic mass is 10.2. The highest BCUT2D eigenvalue weighted by Crippen LogP contribution is 2.23. The molecule has 0 bridgehead atoms. The van der Waals surface area contributed by atoms with Crippen LogP contribution in [0.2, 0.25) is 0 Å². The normalized spacial score (nSPS) is 23.3. The molecule has 15 heavy (non-hydrogen) atoms. The molecule has 1 aliphatic rings. The van der Waals surface area contributed by atoms with Gasteiger partial charge in [-0.2, -0.15) is 13.2 Å². The number of halogens is 3. The monoisotopic (exact) mass is 225 g/mol. The van der Waals surface area contributed by atoms with E-state index in [-0.39, 0.29) is 13.0 Å². The lowest BCUT2D eigenvalue weighted by molar-refractivity contribution is -0.143. The Hall–Kier alpha value is -0.780. The van der Waals surface area contributed by atoms with Gasteiger partial charge in [-0.15, -0.1) is 0 Å². The minimum absolute atomic E-state index is 0.0206. The molecule has 1 fully saturated rings. The standard InChI is InChI=1S/C9H14F3NO2/c10-9(11,12)4-2-6-13-5-1-3-7(13)8(14)15/h7H,1-6H2,(H,14,15). The summed E-state index contributed by atoms with van der Waals surface area (Å²) < 4.78 is 35.6. The van der Waals surface area contributed by atoms with Crippen molar-refractivity contribution in [1.29, 1.82) is 0 Å². The van der Waals surface area contributed by atoms with E-state index in [4.69, 9.17) is 5.11 Å². The second kappa shape index (κ2) is 4.83. The number of alkyl halides is 3. The van der Waals surface area contributed by atoms with Crippen LogP contribution in [0.5, 0.6) is 0 Å². The highest BCUT2D eigenvalue weighted by Gasteiger charge is 2.32. The van der Waals surface area contributed by atoms with Gasteiger partial charge < -0.3 is 5.11 Å². The summed E-state index contributed by atoms with van der Waals surface area (Å²) in [5.74, 6) is -0.931. The molecule has 88 valence electrons. The van der Waals surface area contributed by atoms with Crippen molar-refractivity contribution in [2.24, 2.45) is 0 Å². The predicted octanol–water partition coefficient (Wildman–Crippen LogP) is 1.88. The van der Waals surface area contributed by atoms with Crippen molar-refractivity contribution in [3.05, 3.63) is 0 Å². The maximum absolute atomic E-state index is 11.9. The van der Waals surface area contributed by atoms with Crippen LogP contribution in [-0.2, 0) is 4.79 Å². The zero-order valence-electron chi connectivity index (χ0n) is 8.26. The van der Waals surface area contributed by atoms with Gasteiger partial charge in [0.2, 0.25) is 0 Å². The minimum atomic E-state index is -4.14. The molecule has 0 aliphatic carbocycles. The lowest BCUT2D eigenvalue weighted by Gasteiger charge is -2.20. The number of carbonyl (C=O) groups is 1. The molecule has 1 rings (SSSR count). The van der Waals surface area contributed by atoms with Crippen LogP contribution >= 0.6 is 0 Å². The van der Waals surface area contributed by atoms with E-state index in [0.29, 0.717) is 13.0 Å². The maximum Gasteiger partial charge on any atom is 0.389 e. The maximum atomic E-state index is 11.9. The van der Waals surface area contributed by atoms with Crippen LogP contribution < -0.4 is 0 Å². The predicted molar refractivity (Wildman–Crippen MR) is 47.5 cm³/mol. The van der Waals surface area contributed by atoms with E-state index in [1.165, 1.54) is 0 Å². The Labute approximate surface area is 85.9 Å². The molecule has 1 aliphatic heterocycles. The fourth-order valence-corrected chi connectivity index (χ4v) is 1.86. The van der Waals surface area contributed by atoms with E-state index < -0.39 is 24.6 Å². The Morgan fingerprint density at radius 2 is 2.13 bits per heavy atom. The molecule has 3 nitrogen and oxygen atoms in total. The van der Waals surface area contributed by atoms with E-state index >= 15 is 0 Å². The first-order valence-corrected chi connectivity index (χ1v) is 4.94. The molecule has 0 amide bonds. The fraction of sp³-hybridized carbons (Fsp3) is 0.889. The molecule has 0 spiro atoms. The number of hydrogen-bond acceptors (Lipinski definition) is 2. The summed E-state index contributed by atoms with van der Waals surface area (Å²) in [6.07, 6.45) is -3.70. The zero-order chi connectivity index (χ0) is 11.5. The third-order valence-corrected chi connectivity index (χ3v) is 2.55. The molecule has 0 aromatic rings. The van der Waals surface area contributed by atoms with E-state index in [0.717, 1.165) is 6.42 Å². The van der Waals surface area contributed by atoms with Gasteiger partial charge in [0.1, 0.15) is 6.04 Å². The van der Waals surface area contributed by atoms with Crippen molar-refractivity contribution in [1.82, 2.24) is 4.90 Å². The minimum Gasteiger partial charge on any atom is -0.480 e. The molecule has 0 radical (unpaired) electrons. The molecule has 0 aromatic carbocycles. The molecular formula is C9H14F3NO2. The number of hydrogen-bond donors (Lipinski definition) is 1. The number of rotatable bonds is 4. The third-order valence-electron chi connectivity index (χ3n) is 2.55. The number of aliphatic carboxylic acids is 1. The van der Waals surface area contributed by atoms with Crippen LogP contribution in [0.3, 0.4) is 0 Å². The molecule has 1 atom stereocenters. The molecule has 1 unspecified atom stereocenters. The second-order valence-electron chi connectivity index (χ2n) is 3.75. The molecule has 0 aromatic heterocycles. The molecule has 0 saturated carbocycles. The van der Waals surface area contributed by atoms with Crippen LogP contribution in [-0.4, -0.2) is 41.3 Å². The first kappa shape index (κ1) is 12.3. The summed E-state index contributed by atoms with van der Waals surface area (Å²) in [5.41, 5.74) is 0. The Morgan fingerprint density at radius 1 is 1.47 bits per heavy atom. The number of carboxylic acid groups (broad SMARTS) is 1. The van der Waals surface area contributed by atoms with Crippen LogP contribution in [0.15, 0.2) is 0 Å². The molecular weight excluding hydrogens is 211 g/mol.